The van der Waals surface area contributed by atoms with Gasteiger partial charge in [-0.1, -0.05) is 30.3 Å². The summed E-state index contributed by atoms with van der Waals surface area (Å²) < 4.78 is 1.79. The van der Waals surface area contributed by atoms with Gasteiger partial charge >= 0.3 is 0 Å². The Morgan fingerprint density at radius 3 is 2.80 bits per heavy atom. The smallest absolute Gasteiger partial charge is 0.228 e. The summed E-state index contributed by atoms with van der Waals surface area (Å²) in [4.78, 5) is 15.1. The molecule has 1 heterocycles. The third-order valence-corrected chi connectivity index (χ3v) is 4.11. The minimum atomic E-state index is -0.0188. The predicted molar refractivity (Wildman–Crippen MR) is 85.8 cm³/mol. The number of nitrogens with one attached hydrogen (secondary N) is 2. The summed E-state index contributed by atoms with van der Waals surface area (Å²) in [6.45, 7) is 0. The van der Waals surface area contributed by atoms with Crippen LogP contribution in [0.2, 0.25) is 0 Å². The summed E-state index contributed by atoms with van der Waals surface area (Å²) in [7, 11) is 0. The first-order valence-electron chi connectivity index (χ1n) is 6.17. The Morgan fingerprint density at radius 1 is 1.20 bits per heavy atom. The highest BCUT2D eigenvalue weighted by Gasteiger charge is 2.05. The van der Waals surface area contributed by atoms with E-state index < -0.39 is 0 Å². The molecule has 0 unspecified atom stereocenters. The van der Waals surface area contributed by atoms with E-state index in [1.54, 1.807) is 0 Å². The average molecular weight is 300 g/mol. The van der Waals surface area contributed by atoms with Crippen LogP contribution in [0.4, 0.5) is 5.69 Å². The Labute approximate surface area is 125 Å². The Balaban J connectivity index is 1.75. The second kappa shape index (κ2) is 5.56. The van der Waals surface area contributed by atoms with Gasteiger partial charge in [0.2, 0.25) is 5.91 Å². The number of hydrogen-bond donors (Lipinski definition) is 2. The Morgan fingerprint density at radius 2 is 2.00 bits per heavy atom. The fourth-order valence-corrected chi connectivity index (χ4v) is 3.16. The van der Waals surface area contributed by atoms with Gasteiger partial charge in [0.25, 0.3) is 0 Å². The molecular formula is C15H12N2OS2. The van der Waals surface area contributed by atoms with Crippen molar-refractivity contribution in [3.63, 3.8) is 0 Å². The standard InChI is InChI=1S/C15H12N2OS2/c18-14(8-10-4-2-1-3-5-10)16-11-6-7-12-13(9-11)20-15(19)17-12/h1-7,9H,8H2,(H,16,18)(H,17,19). The summed E-state index contributed by atoms with van der Waals surface area (Å²) >= 11 is 6.61. The molecule has 0 aliphatic rings. The molecule has 3 rings (SSSR count). The molecule has 100 valence electrons. The molecule has 0 fully saturated rings. The molecule has 0 aliphatic heterocycles. The van der Waals surface area contributed by atoms with Gasteiger partial charge in [-0.05, 0) is 36.0 Å². The lowest BCUT2D eigenvalue weighted by Crippen LogP contribution is -2.14. The van der Waals surface area contributed by atoms with Gasteiger partial charge in [0.15, 0.2) is 3.95 Å². The first kappa shape index (κ1) is 13.0. The first-order chi connectivity index (χ1) is 9.70. The van der Waals surface area contributed by atoms with Crippen LogP contribution < -0.4 is 5.32 Å². The van der Waals surface area contributed by atoms with Gasteiger partial charge in [-0.3, -0.25) is 4.79 Å². The van der Waals surface area contributed by atoms with Crippen LogP contribution in [-0.2, 0) is 11.2 Å². The molecule has 2 aromatic carbocycles. The van der Waals surface area contributed by atoms with Crippen LogP contribution >= 0.6 is 23.6 Å². The Kier molecular flexibility index (Phi) is 3.62. The second-order valence-corrected chi connectivity index (χ2v) is 6.15. The van der Waals surface area contributed by atoms with Gasteiger partial charge in [0.1, 0.15) is 0 Å². The quantitative estimate of drug-likeness (QED) is 0.714. The van der Waals surface area contributed by atoms with Crippen molar-refractivity contribution >= 4 is 45.4 Å². The molecule has 0 saturated carbocycles. The maximum absolute atomic E-state index is 12.0. The van der Waals surface area contributed by atoms with Crippen molar-refractivity contribution in [2.45, 2.75) is 6.42 Å². The highest BCUT2D eigenvalue weighted by molar-refractivity contribution is 7.73. The van der Waals surface area contributed by atoms with E-state index in [0.717, 1.165) is 25.4 Å². The molecular weight excluding hydrogens is 288 g/mol. The SMILES string of the molecule is O=C(Cc1ccccc1)Nc1ccc2[nH]c(=S)sc2c1. The monoisotopic (exact) mass is 300 g/mol. The molecule has 20 heavy (non-hydrogen) atoms. The van der Waals surface area contributed by atoms with Crippen molar-refractivity contribution in [3.8, 4) is 0 Å². The van der Waals surface area contributed by atoms with Gasteiger partial charge in [-0.25, -0.2) is 0 Å². The number of carbonyl (C=O) groups is 1. The number of H-pyrrole nitrogens is 1. The van der Waals surface area contributed by atoms with E-state index in [1.165, 1.54) is 11.3 Å². The molecule has 0 aliphatic carbocycles. The van der Waals surface area contributed by atoms with Crippen molar-refractivity contribution in [2.75, 3.05) is 5.32 Å². The van der Waals surface area contributed by atoms with E-state index in [1.807, 2.05) is 48.5 Å². The molecule has 3 aromatic rings. The molecule has 1 amide bonds. The number of thiazole rings is 1. The third-order valence-electron chi connectivity index (χ3n) is 2.91. The number of aromatic amines is 1. The molecule has 0 bridgehead atoms. The second-order valence-electron chi connectivity index (χ2n) is 4.44. The molecule has 0 atom stereocenters. The van der Waals surface area contributed by atoms with Crippen LogP contribution in [0.1, 0.15) is 5.56 Å². The highest BCUT2D eigenvalue weighted by Crippen LogP contribution is 2.23. The van der Waals surface area contributed by atoms with Gasteiger partial charge in [0, 0.05) is 5.69 Å². The summed E-state index contributed by atoms with van der Waals surface area (Å²) in [5.41, 5.74) is 2.80. The number of fused-ring (bicyclic) bond motifs is 1. The zero-order chi connectivity index (χ0) is 13.9. The van der Waals surface area contributed by atoms with Crippen molar-refractivity contribution in [1.82, 2.24) is 4.98 Å². The summed E-state index contributed by atoms with van der Waals surface area (Å²) in [5.74, 6) is -0.0188. The maximum Gasteiger partial charge on any atom is 0.228 e. The minimum Gasteiger partial charge on any atom is -0.337 e. The maximum atomic E-state index is 12.0. The van der Waals surface area contributed by atoms with E-state index in [2.05, 4.69) is 10.3 Å². The van der Waals surface area contributed by atoms with Crippen molar-refractivity contribution in [2.24, 2.45) is 0 Å². The van der Waals surface area contributed by atoms with E-state index in [4.69, 9.17) is 12.2 Å². The molecule has 0 spiro atoms. The summed E-state index contributed by atoms with van der Waals surface area (Å²) in [6, 6.07) is 15.4. The van der Waals surface area contributed by atoms with Crippen LogP contribution in [0.15, 0.2) is 48.5 Å². The van der Waals surface area contributed by atoms with Crippen molar-refractivity contribution in [1.29, 1.82) is 0 Å². The lowest BCUT2D eigenvalue weighted by Gasteiger charge is -2.05. The van der Waals surface area contributed by atoms with Gasteiger partial charge < -0.3 is 10.3 Å². The lowest BCUT2D eigenvalue weighted by atomic mass is 10.1. The summed E-state index contributed by atoms with van der Waals surface area (Å²) in [6.07, 6.45) is 0.377. The fourth-order valence-electron chi connectivity index (χ4n) is 2.01. The molecule has 0 radical (unpaired) electrons. The van der Waals surface area contributed by atoms with E-state index in [0.29, 0.717) is 6.42 Å². The van der Waals surface area contributed by atoms with Gasteiger partial charge in [0.05, 0.1) is 16.6 Å². The van der Waals surface area contributed by atoms with E-state index >= 15 is 0 Å². The largest absolute Gasteiger partial charge is 0.337 e. The highest BCUT2D eigenvalue weighted by atomic mass is 32.1. The van der Waals surface area contributed by atoms with Crippen molar-refractivity contribution in [3.05, 3.63) is 58.0 Å². The Hall–Kier alpha value is -1.98. The number of carbonyl (C=O) groups excluding carboxylic acids is 1. The third kappa shape index (κ3) is 2.95. The topological polar surface area (TPSA) is 44.9 Å². The van der Waals surface area contributed by atoms with Gasteiger partial charge in [-0.15, -0.1) is 11.3 Å². The molecule has 0 saturated heterocycles. The molecule has 2 N–H and O–H groups in total. The van der Waals surface area contributed by atoms with E-state index in [9.17, 15) is 4.79 Å². The van der Waals surface area contributed by atoms with Crippen LogP contribution in [0.3, 0.4) is 0 Å². The number of amides is 1. The number of benzene rings is 2. The lowest BCUT2D eigenvalue weighted by molar-refractivity contribution is -0.115. The molecule has 5 heteroatoms. The number of hydrogen-bond acceptors (Lipinski definition) is 3. The average Bonchev–Trinajstić information content (AvgIpc) is 2.79. The normalized spacial score (nSPS) is 10.6. The summed E-state index contributed by atoms with van der Waals surface area (Å²) in [5, 5.41) is 2.91. The number of rotatable bonds is 3. The van der Waals surface area contributed by atoms with Gasteiger partial charge in [-0.2, -0.15) is 0 Å². The molecule has 1 aromatic heterocycles. The number of aromatic nitrogens is 1. The fraction of sp³-hybridized carbons (Fsp3) is 0.0667. The van der Waals surface area contributed by atoms with E-state index in [-0.39, 0.29) is 5.91 Å². The molecule has 3 nitrogen and oxygen atoms in total. The predicted octanol–water partition coefficient (Wildman–Crippen LogP) is 4.14. The van der Waals surface area contributed by atoms with Crippen LogP contribution in [0.5, 0.6) is 0 Å². The number of anilines is 1. The van der Waals surface area contributed by atoms with Crippen LogP contribution in [0.25, 0.3) is 10.2 Å². The zero-order valence-corrected chi connectivity index (χ0v) is 12.2. The van der Waals surface area contributed by atoms with Crippen LogP contribution in [0, 0.1) is 3.95 Å². The zero-order valence-electron chi connectivity index (χ0n) is 10.6. The Bertz CT molecular complexity index is 805. The minimum absolute atomic E-state index is 0.0188. The van der Waals surface area contributed by atoms with Crippen molar-refractivity contribution < 1.29 is 4.79 Å². The van der Waals surface area contributed by atoms with Crippen LogP contribution in [-0.4, -0.2) is 10.9 Å². The first-order valence-corrected chi connectivity index (χ1v) is 7.40.